The maximum Gasteiger partial charge on any atom is 0.228 e. The van der Waals surface area contributed by atoms with Crippen LogP contribution in [0.3, 0.4) is 0 Å². The summed E-state index contributed by atoms with van der Waals surface area (Å²) in [6.45, 7) is 7.63. The van der Waals surface area contributed by atoms with Gasteiger partial charge in [-0.05, 0) is 25.0 Å². The van der Waals surface area contributed by atoms with Crippen molar-refractivity contribution in [3.05, 3.63) is 23.9 Å². The van der Waals surface area contributed by atoms with Crippen molar-refractivity contribution in [2.45, 2.75) is 45.7 Å². The highest BCUT2D eigenvalue weighted by Crippen LogP contribution is 2.35. The second-order valence-corrected chi connectivity index (χ2v) is 7.27. The first-order valence-corrected chi connectivity index (χ1v) is 7.84. The highest BCUT2D eigenvalue weighted by atomic mass is 16.2. The van der Waals surface area contributed by atoms with Crippen molar-refractivity contribution in [3.8, 4) is 6.07 Å². The summed E-state index contributed by atoms with van der Waals surface area (Å²) in [7, 11) is 0. The number of aromatic nitrogens is 1. The summed E-state index contributed by atoms with van der Waals surface area (Å²) in [5.41, 5.74) is 0.253. The molecular formula is C17H22N4O. The van der Waals surface area contributed by atoms with Crippen molar-refractivity contribution in [2.24, 2.45) is 5.41 Å². The van der Waals surface area contributed by atoms with Gasteiger partial charge < -0.3 is 9.80 Å². The fourth-order valence-electron chi connectivity index (χ4n) is 3.45. The third-order valence-electron chi connectivity index (χ3n) is 4.56. The maximum absolute atomic E-state index is 12.7. The third-order valence-corrected chi connectivity index (χ3v) is 4.56. The lowest BCUT2D eigenvalue weighted by atomic mass is 9.93. The van der Waals surface area contributed by atoms with E-state index in [4.69, 9.17) is 5.26 Å². The van der Waals surface area contributed by atoms with Crippen LogP contribution < -0.4 is 4.90 Å². The van der Waals surface area contributed by atoms with Gasteiger partial charge in [0.2, 0.25) is 5.91 Å². The van der Waals surface area contributed by atoms with Crippen LogP contribution in [0.5, 0.6) is 0 Å². The minimum absolute atomic E-state index is 0.257. The van der Waals surface area contributed by atoms with Crippen molar-refractivity contribution in [1.82, 2.24) is 9.88 Å². The highest BCUT2D eigenvalue weighted by molar-refractivity contribution is 5.82. The number of rotatable bonds is 1. The molecule has 0 N–H and O–H groups in total. The Labute approximate surface area is 131 Å². The van der Waals surface area contributed by atoms with Crippen LogP contribution >= 0.6 is 0 Å². The molecule has 5 nitrogen and oxygen atoms in total. The fraction of sp³-hybridized carbons (Fsp3) is 0.588. The van der Waals surface area contributed by atoms with Crippen molar-refractivity contribution < 1.29 is 4.79 Å². The predicted octanol–water partition coefficient (Wildman–Crippen LogP) is 2.18. The van der Waals surface area contributed by atoms with Crippen LogP contribution in [0.2, 0.25) is 0 Å². The first-order valence-electron chi connectivity index (χ1n) is 7.84. The molecule has 1 aromatic rings. The number of anilines is 1. The summed E-state index contributed by atoms with van der Waals surface area (Å²) in [6, 6.07) is 6.36. The Morgan fingerprint density at radius 3 is 2.36 bits per heavy atom. The van der Waals surface area contributed by atoms with Crippen molar-refractivity contribution in [3.63, 3.8) is 0 Å². The minimum atomic E-state index is -0.324. The number of nitrogens with zero attached hydrogens (tertiary/aromatic N) is 4. The van der Waals surface area contributed by atoms with E-state index < -0.39 is 0 Å². The van der Waals surface area contributed by atoms with E-state index >= 15 is 0 Å². The molecule has 0 spiro atoms. The Kier molecular flexibility index (Phi) is 3.56. The van der Waals surface area contributed by atoms with E-state index in [1.807, 2.05) is 26.8 Å². The maximum atomic E-state index is 12.7. The average molecular weight is 298 g/mol. The third kappa shape index (κ3) is 2.54. The normalized spacial score (nSPS) is 24.3. The SMILES string of the molecule is CC(C)(C)C(=O)N1C2CCC1CN(c1ccc(C#N)cn1)C2. The molecule has 22 heavy (non-hydrogen) atoms. The summed E-state index contributed by atoms with van der Waals surface area (Å²) < 4.78 is 0. The van der Waals surface area contributed by atoms with Crippen molar-refractivity contribution >= 4 is 11.7 Å². The number of carbonyl (C=O) groups is 1. The number of piperazine rings is 1. The molecule has 0 aliphatic carbocycles. The van der Waals surface area contributed by atoms with Crippen LogP contribution in [0, 0.1) is 16.7 Å². The zero-order chi connectivity index (χ0) is 15.9. The Balaban J connectivity index is 1.77. The summed E-state index contributed by atoms with van der Waals surface area (Å²) in [6.07, 6.45) is 3.75. The van der Waals surface area contributed by atoms with Gasteiger partial charge in [0.25, 0.3) is 0 Å². The standard InChI is InChI=1S/C17H22N4O/c1-17(2,3)16(22)21-13-5-6-14(21)11-20(10-13)15-7-4-12(8-18)9-19-15/h4,7,9,13-14H,5-6,10-11H2,1-3H3. The van der Waals surface area contributed by atoms with Crippen LogP contribution in [0.1, 0.15) is 39.2 Å². The second kappa shape index (κ2) is 5.28. The van der Waals surface area contributed by atoms with E-state index in [1.54, 1.807) is 12.3 Å². The quantitative estimate of drug-likeness (QED) is 0.797. The molecule has 2 bridgehead atoms. The number of nitriles is 1. The molecule has 1 aromatic heterocycles. The molecule has 116 valence electrons. The van der Waals surface area contributed by atoms with E-state index in [9.17, 15) is 4.79 Å². The van der Waals surface area contributed by atoms with Crippen LogP contribution in [0.15, 0.2) is 18.3 Å². The Morgan fingerprint density at radius 1 is 1.27 bits per heavy atom. The average Bonchev–Trinajstić information content (AvgIpc) is 2.75. The molecule has 2 saturated heterocycles. The van der Waals surface area contributed by atoms with E-state index in [0.29, 0.717) is 5.56 Å². The topological polar surface area (TPSA) is 60.2 Å². The summed E-state index contributed by atoms with van der Waals surface area (Å²) in [4.78, 5) is 21.4. The molecule has 2 aliphatic heterocycles. The van der Waals surface area contributed by atoms with Gasteiger partial charge in [-0.2, -0.15) is 5.26 Å². The highest BCUT2D eigenvalue weighted by Gasteiger charge is 2.45. The lowest BCUT2D eigenvalue weighted by Gasteiger charge is -2.43. The Morgan fingerprint density at radius 2 is 1.91 bits per heavy atom. The molecule has 2 unspecified atom stereocenters. The molecule has 3 rings (SSSR count). The van der Waals surface area contributed by atoms with Gasteiger partial charge in [0.1, 0.15) is 11.9 Å². The minimum Gasteiger partial charge on any atom is -0.352 e. The lowest BCUT2D eigenvalue weighted by molar-refractivity contribution is -0.143. The van der Waals surface area contributed by atoms with Crippen LogP contribution in [0.25, 0.3) is 0 Å². The molecule has 0 radical (unpaired) electrons. The fourth-order valence-corrected chi connectivity index (χ4v) is 3.45. The van der Waals surface area contributed by atoms with E-state index in [2.05, 4.69) is 20.9 Å². The summed E-state index contributed by atoms with van der Waals surface area (Å²) in [5, 5.41) is 8.86. The Bertz CT molecular complexity index is 597. The smallest absolute Gasteiger partial charge is 0.228 e. The molecule has 5 heteroatoms. The number of fused-ring (bicyclic) bond motifs is 2. The second-order valence-electron chi connectivity index (χ2n) is 7.27. The largest absolute Gasteiger partial charge is 0.352 e. The zero-order valence-corrected chi connectivity index (χ0v) is 13.4. The van der Waals surface area contributed by atoms with Gasteiger partial charge in [-0.3, -0.25) is 4.79 Å². The molecule has 0 aromatic carbocycles. The lowest BCUT2D eigenvalue weighted by Crippen LogP contribution is -2.58. The number of hydrogen-bond donors (Lipinski definition) is 0. The molecule has 1 amide bonds. The Hall–Kier alpha value is -2.09. The van der Waals surface area contributed by atoms with Crippen molar-refractivity contribution in [2.75, 3.05) is 18.0 Å². The predicted molar refractivity (Wildman–Crippen MR) is 84.3 cm³/mol. The zero-order valence-electron chi connectivity index (χ0n) is 13.4. The number of carbonyl (C=O) groups excluding carboxylic acids is 1. The summed E-state index contributed by atoms with van der Waals surface area (Å²) >= 11 is 0. The van der Waals surface area contributed by atoms with Crippen LogP contribution in [0.4, 0.5) is 5.82 Å². The number of pyridine rings is 1. The molecular weight excluding hydrogens is 276 g/mol. The molecule has 2 aliphatic rings. The van der Waals surface area contributed by atoms with Crippen molar-refractivity contribution in [1.29, 1.82) is 5.26 Å². The van der Waals surface area contributed by atoms with Gasteiger partial charge in [-0.25, -0.2) is 4.98 Å². The summed E-state index contributed by atoms with van der Waals surface area (Å²) in [5.74, 6) is 1.16. The van der Waals surface area contributed by atoms with Gasteiger partial charge in [-0.15, -0.1) is 0 Å². The number of hydrogen-bond acceptors (Lipinski definition) is 4. The molecule has 3 heterocycles. The molecule has 0 saturated carbocycles. The van der Waals surface area contributed by atoms with Gasteiger partial charge in [-0.1, -0.05) is 20.8 Å². The van der Waals surface area contributed by atoms with Gasteiger partial charge in [0, 0.05) is 36.8 Å². The van der Waals surface area contributed by atoms with E-state index in [1.165, 1.54) is 0 Å². The van der Waals surface area contributed by atoms with Crippen LogP contribution in [-0.4, -0.2) is 41.0 Å². The first kappa shape index (κ1) is 14.8. The first-order chi connectivity index (χ1) is 10.4. The van der Waals surface area contributed by atoms with E-state index in [0.717, 1.165) is 31.7 Å². The van der Waals surface area contributed by atoms with Gasteiger partial charge in [0.15, 0.2) is 0 Å². The van der Waals surface area contributed by atoms with Crippen LogP contribution in [-0.2, 0) is 4.79 Å². The number of amides is 1. The molecule has 2 atom stereocenters. The van der Waals surface area contributed by atoms with Gasteiger partial charge in [0.05, 0.1) is 5.56 Å². The van der Waals surface area contributed by atoms with Gasteiger partial charge >= 0.3 is 0 Å². The monoisotopic (exact) mass is 298 g/mol. The molecule has 2 fully saturated rings. The van der Waals surface area contributed by atoms with E-state index in [-0.39, 0.29) is 23.4 Å².